The molecule has 0 heterocycles. The maximum Gasteiger partial charge on any atom is 0.306 e. The van der Waals surface area contributed by atoms with Gasteiger partial charge in [0.1, 0.15) is 0 Å². The van der Waals surface area contributed by atoms with Gasteiger partial charge in [-0.15, -0.1) is 0 Å². The number of aliphatic hydroxyl groups excluding tert-OH is 2. The van der Waals surface area contributed by atoms with Gasteiger partial charge in [-0.2, -0.15) is 0 Å². The summed E-state index contributed by atoms with van der Waals surface area (Å²) in [6.45, 7) is 7.51. The van der Waals surface area contributed by atoms with Gasteiger partial charge >= 0.3 is 5.97 Å². The summed E-state index contributed by atoms with van der Waals surface area (Å²) in [5.41, 5.74) is 0. The van der Waals surface area contributed by atoms with E-state index in [-0.39, 0.29) is 18.3 Å². The van der Waals surface area contributed by atoms with Crippen LogP contribution in [0.1, 0.15) is 40.5 Å². The van der Waals surface area contributed by atoms with E-state index in [0.29, 0.717) is 6.42 Å². The van der Waals surface area contributed by atoms with Crippen LogP contribution in [-0.2, 0) is 4.79 Å². The van der Waals surface area contributed by atoms with E-state index >= 15 is 0 Å². The van der Waals surface area contributed by atoms with Gasteiger partial charge < -0.3 is 15.3 Å². The van der Waals surface area contributed by atoms with Gasteiger partial charge in [0, 0.05) is 0 Å². The van der Waals surface area contributed by atoms with Gasteiger partial charge in [-0.3, -0.25) is 4.79 Å². The predicted octanol–water partition coefficient (Wildman–Crippen LogP) is 1.50. The molecule has 96 valence electrons. The molecule has 0 rings (SSSR count). The lowest BCUT2D eigenvalue weighted by Crippen LogP contribution is -2.33. The number of rotatable bonds is 7. The topological polar surface area (TPSA) is 77.8 Å². The molecule has 0 aromatic rings. The van der Waals surface area contributed by atoms with Crippen LogP contribution in [0.5, 0.6) is 0 Å². The van der Waals surface area contributed by atoms with Crippen molar-refractivity contribution in [1.29, 1.82) is 0 Å². The van der Waals surface area contributed by atoms with Crippen LogP contribution in [-0.4, -0.2) is 33.5 Å². The Kier molecular flexibility index (Phi) is 6.60. The van der Waals surface area contributed by atoms with Gasteiger partial charge in [-0.25, -0.2) is 0 Å². The van der Waals surface area contributed by atoms with Crippen molar-refractivity contribution in [3.05, 3.63) is 0 Å². The standard InChI is InChI=1S/C12H24O4/c1-7(2)5-10(13)11(14)6-9(8(3)4)12(15)16/h7-11,13-14H,5-6H2,1-4H3,(H,15,16)/t9-,10-,11+/m0/s1. The molecule has 0 unspecified atom stereocenters. The van der Waals surface area contributed by atoms with Crippen molar-refractivity contribution in [2.24, 2.45) is 17.8 Å². The normalized spacial score (nSPS) is 17.5. The van der Waals surface area contributed by atoms with Crippen LogP contribution in [0.25, 0.3) is 0 Å². The Hall–Kier alpha value is -0.610. The lowest BCUT2D eigenvalue weighted by molar-refractivity contribution is -0.145. The molecule has 0 bridgehead atoms. The molecule has 0 fully saturated rings. The van der Waals surface area contributed by atoms with E-state index in [1.165, 1.54) is 0 Å². The van der Waals surface area contributed by atoms with E-state index in [0.717, 1.165) is 0 Å². The molecule has 0 aliphatic rings. The lowest BCUT2D eigenvalue weighted by Gasteiger charge is -2.24. The molecule has 0 saturated heterocycles. The van der Waals surface area contributed by atoms with Gasteiger partial charge in [0.2, 0.25) is 0 Å². The monoisotopic (exact) mass is 232 g/mol. The summed E-state index contributed by atoms with van der Waals surface area (Å²) in [5, 5.41) is 28.3. The Morgan fingerprint density at radius 3 is 1.75 bits per heavy atom. The SMILES string of the molecule is CC(C)C[C@H](O)[C@H](O)C[C@H](C(=O)O)C(C)C. The fourth-order valence-corrected chi connectivity index (χ4v) is 1.72. The van der Waals surface area contributed by atoms with Crippen molar-refractivity contribution < 1.29 is 20.1 Å². The van der Waals surface area contributed by atoms with Crippen LogP contribution in [0, 0.1) is 17.8 Å². The minimum absolute atomic E-state index is 0.0431. The smallest absolute Gasteiger partial charge is 0.306 e. The molecule has 0 aliphatic heterocycles. The maximum absolute atomic E-state index is 10.9. The first-order chi connectivity index (χ1) is 7.25. The minimum Gasteiger partial charge on any atom is -0.481 e. The van der Waals surface area contributed by atoms with Gasteiger partial charge in [-0.1, -0.05) is 27.7 Å². The number of carboxylic acids is 1. The predicted molar refractivity (Wildman–Crippen MR) is 62.0 cm³/mol. The second-order valence-corrected chi connectivity index (χ2v) is 5.19. The summed E-state index contributed by atoms with van der Waals surface area (Å²) in [6, 6.07) is 0. The van der Waals surface area contributed by atoms with Crippen LogP contribution in [0.2, 0.25) is 0 Å². The van der Waals surface area contributed by atoms with E-state index in [2.05, 4.69) is 0 Å². The molecule has 0 amide bonds. The highest BCUT2D eigenvalue weighted by Gasteiger charge is 2.28. The van der Waals surface area contributed by atoms with E-state index in [9.17, 15) is 15.0 Å². The summed E-state index contributed by atoms with van der Waals surface area (Å²) < 4.78 is 0. The second kappa shape index (κ2) is 6.86. The van der Waals surface area contributed by atoms with E-state index < -0.39 is 24.1 Å². The fourth-order valence-electron chi connectivity index (χ4n) is 1.72. The summed E-state index contributed by atoms with van der Waals surface area (Å²) in [6.07, 6.45) is -1.18. The summed E-state index contributed by atoms with van der Waals surface area (Å²) in [4.78, 5) is 10.9. The van der Waals surface area contributed by atoms with Gasteiger partial charge in [0.15, 0.2) is 0 Å². The second-order valence-electron chi connectivity index (χ2n) is 5.19. The van der Waals surface area contributed by atoms with Crippen LogP contribution >= 0.6 is 0 Å². The third-order valence-corrected chi connectivity index (χ3v) is 2.77. The lowest BCUT2D eigenvalue weighted by atomic mass is 9.87. The summed E-state index contributed by atoms with van der Waals surface area (Å²) in [7, 11) is 0. The fraction of sp³-hybridized carbons (Fsp3) is 0.917. The third kappa shape index (κ3) is 5.47. The third-order valence-electron chi connectivity index (χ3n) is 2.77. The number of carbonyl (C=O) groups is 1. The molecule has 4 nitrogen and oxygen atoms in total. The Morgan fingerprint density at radius 1 is 1.00 bits per heavy atom. The van der Waals surface area contributed by atoms with Crippen molar-refractivity contribution in [3.63, 3.8) is 0 Å². The van der Waals surface area contributed by atoms with E-state index in [4.69, 9.17) is 5.11 Å². The number of aliphatic hydroxyl groups is 2. The van der Waals surface area contributed by atoms with Crippen molar-refractivity contribution in [3.8, 4) is 0 Å². The summed E-state index contributed by atoms with van der Waals surface area (Å²) in [5.74, 6) is -1.27. The molecule has 3 atom stereocenters. The first-order valence-corrected chi connectivity index (χ1v) is 5.84. The molecule has 0 radical (unpaired) electrons. The van der Waals surface area contributed by atoms with Crippen molar-refractivity contribution >= 4 is 5.97 Å². The summed E-state index contributed by atoms with van der Waals surface area (Å²) >= 11 is 0. The Labute approximate surface area is 97.3 Å². The number of carboxylic acid groups (broad SMARTS) is 1. The molecule has 0 aromatic heterocycles. The molecule has 3 N–H and O–H groups in total. The molecule has 16 heavy (non-hydrogen) atoms. The molecule has 0 aromatic carbocycles. The van der Waals surface area contributed by atoms with Crippen LogP contribution in [0.4, 0.5) is 0 Å². The Balaban J connectivity index is 4.28. The first-order valence-electron chi connectivity index (χ1n) is 5.84. The van der Waals surface area contributed by atoms with Crippen molar-refractivity contribution in [2.75, 3.05) is 0 Å². The van der Waals surface area contributed by atoms with Crippen LogP contribution in [0.15, 0.2) is 0 Å². The highest BCUT2D eigenvalue weighted by Crippen LogP contribution is 2.21. The highest BCUT2D eigenvalue weighted by molar-refractivity contribution is 5.70. The molecule has 4 heteroatoms. The zero-order valence-corrected chi connectivity index (χ0v) is 10.6. The quantitative estimate of drug-likeness (QED) is 0.621. The number of hydrogen-bond donors (Lipinski definition) is 3. The molecule has 0 spiro atoms. The first kappa shape index (κ1) is 15.4. The molecular formula is C12H24O4. The average Bonchev–Trinajstić information content (AvgIpc) is 2.11. The zero-order valence-electron chi connectivity index (χ0n) is 10.6. The number of aliphatic carboxylic acids is 1. The van der Waals surface area contributed by atoms with Gasteiger partial charge in [0.05, 0.1) is 18.1 Å². The molecular weight excluding hydrogens is 208 g/mol. The van der Waals surface area contributed by atoms with Gasteiger partial charge in [0.25, 0.3) is 0 Å². The van der Waals surface area contributed by atoms with E-state index in [1.807, 2.05) is 13.8 Å². The largest absolute Gasteiger partial charge is 0.481 e. The van der Waals surface area contributed by atoms with Crippen LogP contribution in [0.3, 0.4) is 0 Å². The van der Waals surface area contributed by atoms with Crippen molar-refractivity contribution in [1.82, 2.24) is 0 Å². The Bertz CT molecular complexity index is 213. The van der Waals surface area contributed by atoms with Crippen molar-refractivity contribution in [2.45, 2.75) is 52.7 Å². The highest BCUT2D eigenvalue weighted by atomic mass is 16.4. The Morgan fingerprint density at radius 2 is 1.44 bits per heavy atom. The number of hydrogen-bond acceptors (Lipinski definition) is 3. The zero-order chi connectivity index (χ0) is 12.9. The minimum atomic E-state index is -0.953. The van der Waals surface area contributed by atoms with Crippen LogP contribution < -0.4 is 0 Å². The molecule has 0 aliphatic carbocycles. The maximum atomic E-state index is 10.9. The molecule has 0 saturated carbocycles. The average molecular weight is 232 g/mol. The van der Waals surface area contributed by atoms with E-state index in [1.54, 1.807) is 13.8 Å². The van der Waals surface area contributed by atoms with Gasteiger partial charge in [-0.05, 0) is 24.7 Å².